The number of aliphatic hydroxyl groups excluding tert-OH is 1. The molecule has 0 aliphatic heterocycles. The first-order valence-electron chi connectivity index (χ1n) is 6.90. The molecule has 0 aromatic heterocycles. The second-order valence-electron chi connectivity index (χ2n) is 5.38. The van der Waals surface area contributed by atoms with Crippen LogP contribution in [0.3, 0.4) is 0 Å². The van der Waals surface area contributed by atoms with Crippen LogP contribution in [0.15, 0.2) is 24.3 Å². The van der Waals surface area contributed by atoms with Crippen LogP contribution in [0.2, 0.25) is 0 Å². The van der Waals surface area contributed by atoms with Crippen LogP contribution in [0.5, 0.6) is 0 Å². The van der Waals surface area contributed by atoms with Crippen LogP contribution in [-0.4, -0.2) is 16.6 Å². The Bertz CT molecular complexity index is 440. The van der Waals surface area contributed by atoms with E-state index in [4.69, 9.17) is 10.8 Å². The molecule has 4 nitrogen and oxygen atoms in total. The third-order valence-corrected chi connectivity index (χ3v) is 3.83. The Morgan fingerprint density at radius 3 is 2.63 bits per heavy atom. The summed E-state index contributed by atoms with van der Waals surface area (Å²) in [6.07, 6.45) is 4.78. The molecular weight excluding hydrogens is 240 g/mol. The summed E-state index contributed by atoms with van der Waals surface area (Å²) >= 11 is 0. The first kappa shape index (κ1) is 14.0. The summed E-state index contributed by atoms with van der Waals surface area (Å²) in [6, 6.07) is 7.57. The second-order valence-corrected chi connectivity index (χ2v) is 5.38. The molecule has 19 heavy (non-hydrogen) atoms. The SMILES string of the molecule is NC1(C(=O)NCc2cccc(CO)c2)CCCCC1. The summed E-state index contributed by atoms with van der Waals surface area (Å²) in [6.45, 7) is 0.480. The van der Waals surface area contributed by atoms with Gasteiger partial charge in [0.1, 0.15) is 0 Å². The van der Waals surface area contributed by atoms with Crippen molar-refractivity contribution in [3.05, 3.63) is 35.4 Å². The molecule has 2 rings (SSSR count). The van der Waals surface area contributed by atoms with Gasteiger partial charge in [-0.3, -0.25) is 4.79 Å². The lowest BCUT2D eigenvalue weighted by atomic mass is 9.82. The number of aliphatic hydroxyl groups is 1. The molecule has 1 saturated carbocycles. The smallest absolute Gasteiger partial charge is 0.240 e. The summed E-state index contributed by atoms with van der Waals surface area (Å²) < 4.78 is 0. The van der Waals surface area contributed by atoms with E-state index >= 15 is 0 Å². The van der Waals surface area contributed by atoms with Crippen LogP contribution in [-0.2, 0) is 17.9 Å². The van der Waals surface area contributed by atoms with Crippen molar-refractivity contribution in [3.63, 3.8) is 0 Å². The van der Waals surface area contributed by atoms with Gasteiger partial charge in [0.05, 0.1) is 12.1 Å². The number of carbonyl (C=O) groups excluding carboxylic acids is 1. The van der Waals surface area contributed by atoms with Crippen LogP contribution in [0, 0.1) is 0 Å². The summed E-state index contributed by atoms with van der Waals surface area (Å²) in [5.74, 6) is -0.0541. The highest BCUT2D eigenvalue weighted by molar-refractivity contribution is 5.86. The molecule has 0 bridgehead atoms. The third-order valence-electron chi connectivity index (χ3n) is 3.83. The van der Waals surface area contributed by atoms with Crippen molar-refractivity contribution in [3.8, 4) is 0 Å². The van der Waals surface area contributed by atoms with E-state index in [-0.39, 0.29) is 12.5 Å². The standard InChI is InChI=1S/C15H22N2O2/c16-15(7-2-1-3-8-15)14(19)17-10-12-5-4-6-13(9-12)11-18/h4-6,9,18H,1-3,7-8,10-11,16H2,(H,17,19). The summed E-state index contributed by atoms with van der Waals surface area (Å²) in [4.78, 5) is 12.2. The number of nitrogens with one attached hydrogen (secondary N) is 1. The minimum Gasteiger partial charge on any atom is -0.392 e. The fourth-order valence-corrected chi connectivity index (χ4v) is 2.61. The van der Waals surface area contributed by atoms with Crippen molar-refractivity contribution in [2.24, 2.45) is 5.73 Å². The Kier molecular flexibility index (Phi) is 4.56. The highest BCUT2D eigenvalue weighted by Crippen LogP contribution is 2.26. The minimum atomic E-state index is -0.688. The molecule has 0 radical (unpaired) electrons. The molecule has 4 heteroatoms. The lowest BCUT2D eigenvalue weighted by Crippen LogP contribution is -2.54. The molecule has 0 saturated heterocycles. The van der Waals surface area contributed by atoms with Crippen LogP contribution in [0.25, 0.3) is 0 Å². The minimum absolute atomic E-state index is 0.0165. The number of nitrogens with two attached hydrogens (primary N) is 1. The average Bonchev–Trinajstić information content (AvgIpc) is 2.45. The normalized spacial score (nSPS) is 18.0. The zero-order valence-corrected chi connectivity index (χ0v) is 11.2. The predicted molar refractivity (Wildman–Crippen MR) is 74.2 cm³/mol. The third kappa shape index (κ3) is 3.55. The Balaban J connectivity index is 1.92. The van der Waals surface area contributed by atoms with Crippen molar-refractivity contribution >= 4 is 5.91 Å². The maximum absolute atomic E-state index is 12.2. The van der Waals surface area contributed by atoms with Crippen LogP contribution in [0.4, 0.5) is 0 Å². The second kappa shape index (κ2) is 6.17. The molecular formula is C15H22N2O2. The van der Waals surface area contributed by atoms with Crippen LogP contribution < -0.4 is 11.1 Å². The van der Waals surface area contributed by atoms with Gasteiger partial charge in [0.2, 0.25) is 5.91 Å². The zero-order chi connectivity index (χ0) is 13.7. The molecule has 1 aliphatic carbocycles. The van der Waals surface area contributed by atoms with Gasteiger partial charge in [-0.05, 0) is 24.0 Å². The molecule has 104 valence electrons. The van der Waals surface area contributed by atoms with Crippen LogP contribution in [0.1, 0.15) is 43.2 Å². The van der Waals surface area contributed by atoms with Crippen molar-refractivity contribution in [1.29, 1.82) is 0 Å². The van der Waals surface area contributed by atoms with Crippen molar-refractivity contribution in [2.45, 2.75) is 50.8 Å². The highest BCUT2D eigenvalue weighted by Gasteiger charge is 2.34. The Morgan fingerprint density at radius 1 is 1.26 bits per heavy atom. The summed E-state index contributed by atoms with van der Waals surface area (Å²) in [7, 11) is 0. The van der Waals surface area contributed by atoms with E-state index in [1.165, 1.54) is 6.42 Å². The van der Waals surface area contributed by atoms with Crippen molar-refractivity contribution in [1.82, 2.24) is 5.32 Å². The van der Waals surface area contributed by atoms with Gasteiger partial charge in [0.25, 0.3) is 0 Å². The van der Waals surface area contributed by atoms with E-state index in [0.717, 1.165) is 36.8 Å². The lowest BCUT2D eigenvalue weighted by Gasteiger charge is -2.31. The summed E-state index contributed by atoms with van der Waals surface area (Å²) in [5.41, 5.74) is 7.32. The number of rotatable bonds is 4. The molecule has 1 fully saturated rings. The molecule has 0 unspecified atom stereocenters. The maximum atomic E-state index is 12.2. The van der Waals surface area contributed by atoms with Gasteiger partial charge in [0.15, 0.2) is 0 Å². The quantitative estimate of drug-likeness (QED) is 0.769. The molecule has 0 heterocycles. The molecule has 4 N–H and O–H groups in total. The molecule has 1 amide bonds. The lowest BCUT2D eigenvalue weighted by molar-refractivity contribution is -0.127. The fraction of sp³-hybridized carbons (Fsp3) is 0.533. The number of amides is 1. The Hall–Kier alpha value is -1.39. The average molecular weight is 262 g/mol. The number of benzene rings is 1. The van der Waals surface area contributed by atoms with E-state index in [9.17, 15) is 4.79 Å². The number of hydrogen-bond donors (Lipinski definition) is 3. The van der Waals surface area contributed by atoms with Gasteiger partial charge in [0, 0.05) is 6.54 Å². The van der Waals surface area contributed by atoms with Gasteiger partial charge in [-0.25, -0.2) is 0 Å². The van der Waals surface area contributed by atoms with Crippen molar-refractivity contribution in [2.75, 3.05) is 0 Å². The first-order valence-corrected chi connectivity index (χ1v) is 6.90. The first-order chi connectivity index (χ1) is 9.14. The van der Waals surface area contributed by atoms with Crippen LogP contribution >= 0.6 is 0 Å². The van der Waals surface area contributed by atoms with Gasteiger partial charge >= 0.3 is 0 Å². The van der Waals surface area contributed by atoms with Gasteiger partial charge in [-0.1, -0.05) is 43.5 Å². The number of hydrogen-bond acceptors (Lipinski definition) is 3. The largest absolute Gasteiger partial charge is 0.392 e. The van der Waals surface area contributed by atoms with Gasteiger partial charge in [-0.2, -0.15) is 0 Å². The zero-order valence-electron chi connectivity index (χ0n) is 11.2. The molecule has 1 aliphatic rings. The Labute approximate surface area is 114 Å². The van der Waals surface area contributed by atoms with E-state index < -0.39 is 5.54 Å². The number of carbonyl (C=O) groups is 1. The Morgan fingerprint density at radius 2 is 1.95 bits per heavy atom. The fourth-order valence-electron chi connectivity index (χ4n) is 2.61. The monoisotopic (exact) mass is 262 g/mol. The highest BCUT2D eigenvalue weighted by atomic mass is 16.3. The molecule has 0 atom stereocenters. The van der Waals surface area contributed by atoms with Gasteiger partial charge < -0.3 is 16.2 Å². The molecule has 0 spiro atoms. The van der Waals surface area contributed by atoms with Gasteiger partial charge in [-0.15, -0.1) is 0 Å². The predicted octanol–water partition coefficient (Wildman–Crippen LogP) is 1.46. The van der Waals surface area contributed by atoms with E-state index in [1.54, 1.807) is 0 Å². The van der Waals surface area contributed by atoms with E-state index in [1.807, 2.05) is 24.3 Å². The summed E-state index contributed by atoms with van der Waals surface area (Å²) in [5, 5.41) is 12.0. The molecule has 1 aromatic rings. The van der Waals surface area contributed by atoms with E-state index in [2.05, 4.69) is 5.32 Å². The topological polar surface area (TPSA) is 75.4 Å². The molecule has 1 aromatic carbocycles. The van der Waals surface area contributed by atoms with Crippen molar-refractivity contribution < 1.29 is 9.90 Å². The van der Waals surface area contributed by atoms with E-state index in [0.29, 0.717) is 6.54 Å². The maximum Gasteiger partial charge on any atom is 0.240 e.